The second-order valence-corrected chi connectivity index (χ2v) is 15.3. The Kier molecular flexibility index (Phi) is 15.2. The smallest absolute Gasteiger partial charge is 0.338 e. The van der Waals surface area contributed by atoms with E-state index in [-0.39, 0.29) is 30.5 Å². The Balaban J connectivity index is 1.36. The monoisotopic (exact) mass is 835 g/mol. The molecule has 0 aliphatic carbocycles. The van der Waals surface area contributed by atoms with Crippen LogP contribution in [0.1, 0.15) is 74.8 Å². The van der Waals surface area contributed by atoms with E-state index in [9.17, 15) is 24.0 Å². The van der Waals surface area contributed by atoms with Crippen LogP contribution in [-0.4, -0.2) is 112 Å². The Morgan fingerprint density at radius 3 is 1.77 bits per heavy atom. The van der Waals surface area contributed by atoms with Crippen LogP contribution in [0.4, 0.5) is 11.4 Å². The van der Waals surface area contributed by atoms with Crippen LogP contribution in [0, 0.1) is 0 Å². The van der Waals surface area contributed by atoms with Crippen molar-refractivity contribution in [3.63, 3.8) is 0 Å². The van der Waals surface area contributed by atoms with Gasteiger partial charge in [0.1, 0.15) is 5.52 Å². The summed E-state index contributed by atoms with van der Waals surface area (Å²) in [5.74, 6) is -1.57. The number of esters is 2. The molecule has 14 nitrogen and oxygen atoms in total. The zero-order chi connectivity index (χ0) is 42.6. The van der Waals surface area contributed by atoms with Crippen molar-refractivity contribution in [2.24, 2.45) is 0 Å². The number of pyridine rings is 1. The fourth-order valence-corrected chi connectivity index (χ4v) is 8.30. The van der Waals surface area contributed by atoms with Crippen LogP contribution in [0.2, 0.25) is 0 Å². The second-order valence-electron chi connectivity index (χ2n) is 14.2. The molecule has 1 aliphatic heterocycles. The van der Waals surface area contributed by atoms with Crippen LogP contribution in [0.25, 0.3) is 20.3 Å². The number of hydrogen-bond donors (Lipinski definition) is 3. The van der Waals surface area contributed by atoms with Crippen LogP contribution >= 0.6 is 11.3 Å². The third-order valence-electron chi connectivity index (χ3n) is 10.2. The molecule has 0 bridgehead atoms. The molecule has 5 aromatic rings. The molecule has 0 unspecified atom stereocenters. The molecule has 3 heterocycles. The predicted molar refractivity (Wildman–Crippen MR) is 237 cm³/mol. The summed E-state index contributed by atoms with van der Waals surface area (Å²) in [6.07, 6.45) is 0. The summed E-state index contributed by atoms with van der Waals surface area (Å²) >= 11 is 1.54. The maximum Gasteiger partial charge on any atom is 0.338 e. The van der Waals surface area contributed by atoms with E-state index in [1.807, 2.05) is 62.4 Å². The molecule has 316 valence electrons. The van der Waals surface area contributed by atoms with Crippen molar-refractivity contribution in [2.75, 3.05) is 88.5 Å². The van der Waals surface area contributed by atoms with Gasteiger partial charge < -0.3 is 35.2 Å². The van der Waals surface area contributed by atoms with Crippen molar-refractivity contribution in [3.05, 3.63) is 111 Å². The first-order valence-electron chi connectivity index (χ1n) is 20.6. The van der Waals surface area contributed by atoms with Gasteiger partial charge >= 0.3 is 11.9 Å². The second kappa shape index (κ2) is 20.9. The van der Waals surface area contributed by atoms with Crippen molar-refractivity contribution >= 4 is 66.8 Å². The van der Waals surface area contributed by atoms with Gasteiger partial charge in [-0.2, -0.15) is 0 Å². The summed E-state index contributed by atoms with van der Waals surface area (Å²) in [5, 5.41) is 9.98. The van der Waals surface area contributed by atoms with Crippen LogP contribution < -0.4 is 31.2 Å². The number of carbonyl (C=O) groups excluding carboxylic acids is 4. The van der Waals surface area contributed by atoms with E-state index in [2.05, 4.69) is 30.7 Å². The van der Waals surface area contributed by atoms with Crippen molar-refractivity contribution in [1.82, 2.24) is 25.8 Å². The first kappa shape index (κ1) is 43.7. The average molecular weight is 836 g/mol. The van der Waals surface area contributed by atoms with Gasteiger partial charge in [-0.15, -0.1) is 11.3 Å². The number of amides is 2. The summed E-state index contributed by atoms with van der Waals surface area (Å²) in [5.41, 5.74) is 3.80. The highest BCUT2D eigenvalue weighted by molar-refractivity contribution is 7.24. The first-order chi connectivity index (χ1) is 29.1. The molecule has 0 atom stereocenters. The third kappa shape index (κ3) is 10.4. The first-order valence-corrected chi connectivity index (χ1v) is 21.4. The number of fused-ring (bicyclic) bond motifs is 2. The van der Waals surface area contributed by atoms with Gasteiger partial charge in [-0.25, -0.2) is 14.6 Å². The Morgan fingerprint density at radius 2 is 1.23 bits per heavy atom. The van der Waals surface area contributed by atoms with Gasteiger partial charge in [-0.3, -0.25) is 19.3 Å². The molecular formula is C45H53N7O7S. The summed E-state index contributed by atoms with van der Waals surface area (Å²) in [6, 6.07) is 21.7. The predicted octanol–water partition coefficient (Wildman–Crippen LogP) is 5.08. The Hall–Kier alpha value is -5.90. The molecule has 3 aromatic carbocycles. The Labute approximate surface area is 353 Å². The molecule has 15 heteroatoms. The molecule has 1 aliphatic rings. The lowest BCUT2D eigenvalue weighted by Gasteiger charge is -2.34. The van der Waals surface area contributed by atoms with E-state index in [4.69, 9.17) is 14.5 Å². The summed E-state index contributed by atoms with van der Waals surface area (Å²) in [7, 11) is 0. The topological polar surface area (TPSA) is 163 Å². The van der Waals surface area contributed by atoms with Gasteiger partial charge in [-0.1, -0.05) is 12.1 Å². The number of rotatable bonds is 12. The Bertz CT molecular complexity index is 2310. The molecule has 1 saturated heterocycles. The average Bonchev–Trinajstić information content (AvgIpc) is 3.25. The van der Waals surface area contributed by atoms with E-state index in [0.717, 1.165) is 15.1 Å². The van der Waals surface area contributed by atoms with Crippen molar-refractivity contribution in [3.8, 4) is 0 Å². The molecule has 6 rings (SSSR count). The van der Waals surface area contributed by atoms with Gasteiger partial charge in [0.2, 0.25) is 5.43 Å². The van der Waals surface area contributed by atoms with Gasteiger partial charge in [0, 0.05) is 93.5 Å². The minimum absolute atomic E-state index is 0.104. The minimum atomic E-state index is -0.496. The molecular weight excluding hydrogens is 783 g/mol. The molecule has 1 fully saturated rings. The van der Waals surface area contributed by atoms with Crippen LogP contribution in [0.15, 0.2) is 77.6 Å². The number of aromatic nitrogens is 1. The van der Waals surface area contributed by atoms with Gasteiger partial charge in [-0.05, 0) is 88.4 Å². The minimum Gasteiger partial charge on any atom is -0.462 e. The number of nitrogens with one attached hydrogen (secondary N) is 3. The maximum atomic E-state index is 13.6. The molecule has 3 N–H and O–H groups in total. The SMILES string of the molecule is CCNC(=O)c1cc(C(=O)OCC)ccc1N1CCNCCN(c2ccc(C(=O)OCC)cc2C(=O)NCC)CCN(Cc2ccc3sc4ccccc4c(=O)c3n2)CC1. The zero-order valence-electron chi connectivity index (χ0n) is 34.7. The molecule has 2 aromatic heterocycles. The molecule has 2 amide bonds. The van der Waals surface area contributed by atoms with E-state index in [1.165, 1.54) is 11.3 Å². The maximum absolute atomic E-state index is 13.6. The fraction of sp³-hybridized carbons (Fsp3) is 0.378. The highest BCUT2D eigenvalue weighted by atomic mass is 32.1. The largest absolute Gasteiger partial charge is 0.462 e. The van der Waals surface area contributed by atoms with Gasteiger partial charge in [0.15, 0.2) is 0 Å². The van der Waals surface area contributed by atoms with Gasteiger partial charge in [0.25, 0.3) is 11.8 Å². The summed E-state index contributed by atoms with van der Waals surface area (Å²) < 4.78 is 12.2. The highest BCUT2D eigenvalue weighted by Gasteiger charge is 2.24. The molecule has 0 radical (unpaired) electrons. The number of anilines is 2. The highest BCUT2D eigenvalue weighted by Crippen LogP contribution is 2.27. The number of benzene rings is 3. The van der Waals surface area contributed by atoms with Gasteiger partial charge in [0.05, 0.1) is 45.9 Å². The Morgan fingerprint density at radius 1 is 0.683 bits per heavy atom. The van der Waals surface area contributed by atoms with Crippen molar-refractivity contribution in [1.29, 1.82) is 0 Å². The van der Waals surface area contributed by atoms with Crippen LogP contribution in [0.5, 0.6) is 0 Å². The van der Waals surface area contributed by atoms with E-state index in [0.29, 0.717) is 117 Å². The number of ether oxygens (including phenoxy) is 2. The normalized spacial score (nSPS) is 14.3. The zero-order valence-corrected chi connectivity index (χ0v) is 35.5. The van der Waals surface area contributed by atoms with E-state index >= 15 is 0 Å². The van der Waals surface area contributed by atoms with E-state index < -0.39 is 11.9 Å². The van der Waals surface area contributed by atoms with Crippen molar-refractivity contribution < 1.29 is 28.7 Å². The third-order valence-corrected chi connectivity index (χ3v) is 11.3. The molecule has 60 heavy (non-hydrogen) atoms. The van der Waals surface area contributed by atoms with Crippen LogP contribution in [-0.2, 0) is 16.0 Å². The lowest BCUT2D eigenvalue weighted by molar-refractivity contribution is 0.0516. The molecule has 0 spiro atoms. The molecule has 0 saturated carbocycles. The lowest BCUT2D eigenvalue weighted by atomic mass is 10.1. The van der Waals surface area contributed by atoms with Crippen molar-refractivity contribution in [2.45, 2.75) is 34.2 Å². The number of hydrogen-bond acceptors (Lipinski definition) is 13. The quantitative estimate of drug-likeness (QED) is 0.113. The number of carbonyl (C=O) groups is 4. The summed E-state index contributed by atoms with van der Waals surface area (Å²) in [4.78, 5) is 77.6. The fourth-order valence-electron chi connectivity index (χ4n) is 7.27. The summed E-state index contributed by atoms with van der Waals surface area (Å²) in [6.45, 7) is 13.2. The van der Waals surface area contributed by atoms with Crippen LogP contribution in [0.3, 0.4) is 0 Å². The number of nitrogens with zero attached hydrogens (tertiary/aromatic N) is 4. The van der Waals surface area contributed by atoms with E-state index in [1.54, 1.807) is 38.1 Å². The standard InChI is InChI=1S/C45H53N7O7S/c1-5-47-42(54)34-27-30(44(56)58-7-3)13-16-36(34)51-21-19-46-20-22-52(37-17-14-31(45(57)59-8-4)28-35(37)43(55)48-6-2)26-24-50(23-25-51)29-32-15-18-39-40(49-32)41(53)33-11-9-10-12-38(33)60-39/h9-18,27-28,46H,5-8,19-26,29H2,1-4H3,(H,47,54)(H,48,55). The lowest BCUT2D eigenvalue weighted by Crippen LogP contribution is -2.45.